The fraction of sp³-hybridized carbons (Fsp3) is 0.368. The van der Waals surface area contributed by atoms with Crippen molar-refractivity contribution in [3.8, 4) is 0 Å². The predicted molar refractivity (Wildman–Crippen MR) is 111 cm³/mol. The third kappa shape index (κ3) is 4.34. The lowest BCUT2D eigenvalue weighted by molar-refractivity contribution is 0.0694. The second-order valence-corrected chi connectivity index (χ2v) is 9.91. The van der Waals surface area contributed by atoms with Crippen molar-refractivity contribution in [2.75, 3.05) is 31.9 Å². The van der Waals surface area contributed by atoms with Crippen molar-refractivity contribution in [2.24, 2.45) is 12.8 Å². The molecule has 1 fully saturated rings. The number of carbonyl (C=O) groups excluding carboxylic acids is 2. The van der Waals surface area contributed by atoms with E-state index in [1.165, 1.54) is 21.1 Å². The first-order chi connectivity index (χ1) is 13.8. The SMILES string of the molecule is CCSc1ccccc1C(=O)N1CCN(S(=O)(=O)c2cc(C(N)=O)n(C)c2)CC1. The summed E-state index contributed by atoms with van der Waals surface area (Å²) in [5.74, 6) is 0.0861. The summed E-state index contributed by atoms with van der Waals surface area (Å²) in [6.07, 6.45) is 1.38. The molecule has 8 nitrogen and oxygen atoms in total. The van der Waals surface area contributed by atoms with Gasteiger partial charge < -0.3 is 15.2 Å². The van der Waals surface area contributed by atoms with Crippen LogP contribution in [0, 0.1) is 0 Å². The molecule has 0 atom stereocenters. The van der Waals surface area contributed by atoms with Gasteiger partial charge in [0.15, 0.2) is 0 Å². The lowest BCUT2D eigenvalue weighted by atomic mass is 10.2. The van der Waals surface area contributed by atoms with Crippen LogP contribution in [0.25, 0.3) is 0 Å². The van der Waals surface area contributed by atoms with Crippen LogP contribution in [0.15, 0.2) is 46.3 Å². The maximum absolute atomic E-state index is 12.9. The second-order valence-electron chi connectivity index (χ2n) is 6.66. The number of thioether (sulfide) groups is 1. The maximum Gasteiger partial charge on any atom is 0.265 e. The molecule has 2 N–H and O–H groups in total. The number of nitrogens with zero attached hydrogens (tertiary/aromatic N) is 3. The second kappa shape index (κ2) is 8.60. The van der Waals surface area contributed by atoms with Crippen molar-refractivity contribution in [2.45, 2.75) is 16.7 Å². The Balaban J connectivity index is 1.72. The summed E-state index contributed by atoms with van der Waals surface area (Å²) in [6.45, 7) is 3.02. The Bertz CT molecular complexity index is 1020. The number of hydrogen-bond donors (Lipinski definition) is 1. The number of nitrogens with two attached hydrogens (primary N) is 1. The standard InChI is InChI=1S/C19H24N4O4S2/c1-3-28-17-7-5-4-6-15(17)19(25)22-8-10-23(11-9-22)29(26,27)14-12-16(18(20)24)21(2)13-14/h4-7,12-13H,3,8-11H2,1-2H3,(H2,20,24). The summed E-state index contributed by atoms with van der Waals surface area (Å²) >= 11 is 1.61. The Labute approximate surface area is 174 Å². The molecule has 10 heteroatoms. The van der Waals surface area contributed by atoms with Crippen LogP contribution in [0.4, 0.5) is 0 Å². The van der Waals surface area contributed by atoms with Gasteiger partial charge >= 0.3 is 0 Å². The van der Waals surface area contributed by atoms with Gasteiger partial charge in [-0.15, -0.1) is 11.8 Å². The van der Waals surface area contributed by atoms with Gasteiger partial charge in [-0.1, -0.05) is 19.1 Å². The molecule has 0 radical (unpaired) electrons. The first-order valence-corrected chi connectivity index (χ1v) is 11.7. The first-order valence-electron chi connectivity index (χ1n) is 9.23. The topological polar surface area (TPSA) is 106 Å². The molecule has 3 rings (SSSR count). The van der Waals surface area contributed by atoms with E-state index in [9.17, 15) is 18.0 Å². The van der Waals surface area contributed by atoms with Crippen molar-refractivity contribution in [3.05, 3.63) is 47.8 Å². The van der Waals surface area contributed by atoms with E-state index in [1.54, 1.807) is 29.8 Å². The Hall–Kier alpha value is -2.30. The quantitative estimate of drug-likeness (QED) is 0.689. The van der Waals surface area contributed by atoms with Crippen molar-refractivity contribution < 1.29 is 18.0 Å². The number of piperazine rings is 1. The molecule has 1 aromatic carbocycles. The zero-order valence-corrected chi connectivity index (χ0v) is 18.0. The van der Waals surface area contributed by atoms with E-state index in [0.717, 1.165) is 10.6 Å². The number of sulfonamides is 1. The Morgan fingerprint density at radius 2 is 1.79 bits per heavy atom. The largest absolute Gasteiger partial charge is 0.364 e. The normalized spacial score (nSPS) is 15.4. The Kier molecular flexibility index (Phi) is 6.35. The molecule has 1 aliphatic rings. The molecule has 0 aliphatic carbocycles. The van der Waals surface area contributed by atoms with Crippen LogP contribution >= 0.6 is 11.8 Å². The van der Waals surface area contributed by atoms with Gasteiger partial charge in [-0.2, -0.15) is 4.31 Å². The predicted octanol–water partition coefficient (Wildman–Crippen LogP) is 1.38. The highest BCUT2D eigenvalue weighted by molar-refractivity contribution is 7.99. The van der Waals surface area contributed by atoms with Crippen molar-refractivity contribution >= 4 is 33.6 Å². The molecule has 0 bridgehead atoms. The van der Waals surface area contributed by atoms with E-state index < -0.39 is 15.9 Å². The van der Waals surface area contributed by atoms with Crippen LogP contribution in [-0.2, 0) is 17.1 Å². The van der Waals surface area contributed by atoms with Crippen LogP contribution in [0.3, 0.4) is 0 Å². The molecule has 0 spiro atoms. The third-order valence-corrected chi connectivity index (χ3v) is 7.63. The summed E-state index contributed by atoms with van der Waals surface area (Å²) in [5, 5.41) is 0. The zero-order valence-electron chi connectivity index (χ0n) is 16.4. The van der Waals surface area contributed by atoms with Crippen LogP contribution in [-0.4, -0.2) is 65.9 Å². The lowest BCUT2D eigenvalue weighted by Crippen LogP contribution is -2.50. The number of benzene rings is 1. The molecule has 2 aromatic rings. The third-order valence-electron chi connectivity index (χ3n) is 4.81. The van der Waals surface area contributed by atoms with Crippen molar-refractivity contribution in [1.29, 1.82) is 0 Å². The Morgan fingerprint density at radius 3 is 2.38 bits per heavy atom. The van der Waals surface area contributed by atoms with Crippen molar-refractivity contribution in [3.63, 3.8) is 0 Å². The highest BCUT2D eigenvalue weighted by Gasteiger charge is 2.32. The smallest absolute Gasteiger partial charge is 0.265 e. The minimum absolute atomic E-state index is 0.0262. The first kappa shape index (κ1) is 21.4. The highest BCUT2D eigenvalue weighted by atomic mass is 32.2. The van der Waals surface area contributed by atoms with Gasteiger partial charge in [0, 0.05) is 44.3 Å². The summed E-state index contributed by atoms with van der Waals surface area (Å²) in [4.78, 5) is 27.0. The number of rotatable bonds is 6. The average molecular weight is 437 g/mol. The van der Waals surface area contributed by atoms with E-state index in [2.05, 4.69) is 0 Å². The summed E-state index contributed by atoms with van der Waals surface area (Å²) in [7, 11) is -2.19. The van der Waals surface area contributed by atoms with E-state index in [1.807, 2.05) is 25.1 Å². The van der Waals surface area contributed by atoms with Gasteiger partial charge in [-0.25, -0.2) is 8.42 Å². The molecule has 0 saturated carbocycles. The molecule has 1 aromatic heterocycles. The lowest BCUT2D eigenvalue weighted by Gasteiger charge is -2.34. The van der Waals surface area contributed by atoms with E-state index >= 15 is 0 Å². The number of aryl methyl sites for hydroxylation is 1. The van der Waals surface area contributed by atoms with Crippen LogP contribution in [0.2, 0.25) is 0 Å². The van der Waals surface area contributed by atoms with Crippen molar-refractivity contribution in [1.82, 2.24) is 13.8 Å². The van der Waals surface area contributed by atoms with E-state index in [4.69, 9.17) is 5.73 Å². The van der Waals surface area contributed by atoms with Crippen LogP contribution in [0.1, 0.15) is 27.8 Å². The van der Waals surface area contributed by atoms with Crippen LogP contribution < -0.4 is 5.73 Å². The van der Waals surface area contributed by atoms with E-state index in [-0.39, 0.29) is 29.6 Å². The summed E-state index contributed by atoms with van der Waals surface area (Å²) in [5.41, 5.74) is 6.05. The molecule has 2 heterocycles. The van der Waals surface area contributed by atoms with Gasteiger partial charge in [0.2, 0.25) is 10.0 Å². The molecule has 0 unspecified atom stereocenters. The monoisotopic (exact) mass is 436 g/mol. The van der Waals surface area contributed by atoms with Gasteiger partial charge in [0.1, 0.15) is 10.6 Å². The average Bonchev–Trinajstić information content (AvgIpc) is 3.11. The summed E-state index contributed by atoms with van der Waals surface area (Å²) < 4.78 is 28.6. The zero-order chi connectivity index (χ0) is 21.2. The highest BCUT2D eigenvalue weighted by Crippen LogP contribution is 2.25. The Morgan fingerprint density at radius 1 is 1.14 bits per heavy atom. The number of hydrogen-bond acceptors (Lipinski definition) is 5. The molecule has 29 heavy (non-hydrogen) atoms. The van der Waals surface area contributed by atoms with Crippen LogP contribution in [0.5, 0.6) is 0 Å². The van der Waals surface area contributed by atoms with Gasteiger partial charge in [-0.3, -0.25) is 9.59 Å². The van der Waals surface area contributed by atoms with E-state index in [0.29, 0.717) is 18.7 Å². The maximum atomic E-state index is 12.9. The molecule has 156 valence electrons. The summed E-state index contributed by atoms with van der Waals surface area (Å²) in [6, 6.07) is 8.75. The molecule has 2 amide bonds. The number of primary amides is 1. The fourth-order valence-corrected chi connectivity index (χ4v) is 5.59. The van der Waals surface area contributed by atoms with Gasteiger partial charge in [0.05, 0.1) is 5.56 Å². The molecule has 1 saturated heterocycles. The molecular weight excluding hydrogens is 412 g/mol. The minimum atomic E-state index is -3.77. The molecular formula is C19H24N4O4S2. The molecule has 1 aliphatic heterocycles. The fourth-order valence-electron chi connectivity index (χ4n) is 3.30. The number of carbonyl (C=O) groups is 2. The van der Waals surface area contributed by atoms with Gasteiger partial charge in [-0.05, 0) is 24.0 Å². The minimum Gasteiger partial charge on any atom is -0.364 e. The van der Waals surface area contributed by atoms with Gasteiger partial charge in [0.25, 0.3) is 11.8 Å². The number of aromatic nitrogens is 1. The number of amides is 2.